The summed E-state index contributed by atoms with van der Waals surface area (Å²) in [6.45, 7) is 1.77. The van der Waals surface area contributed by atoms with Crippen molar-refractivity contribution in [3.05, 3.63) is 58.2 Å². The van der Waals surface area contributed by atoms with Gasteiger partial charge in [0.05, 0.1) is 10.6 Å². The molecule has 0 unspecified atom stereocenters. The van der Waals surface area contributed by atoms with Crippen LogP contribution in [0.3, 0.4) is 0 Å². The molecular weight excluding hydrogens is 332 g/mol. The van der Waals surface area contributed by atoms with Crippen molar-refractivity contribution in [2.45, 2.75) is 6.92 Å². The Labute approximate surface area is 140 Å². The quantitative estimate of drug-likeness (QED) is 0.716. The number of carbonyl (C=O) groups is 2. The number of hydrazine groups is 1. The first-order valence-corrected chi connectivity index (χ1v) is 8.38. The van der Waals surface area contributed by atoms with Crippen LogP contribution in [0.15, 0.2) is 41.9 Å². The largest absolute Gasteiger partial charge is 0.288 e. The molecule has 0 saturated carbocycles. The van der Waals surface area contributed by atoms with Crippen LogP contribution in [0, 0.1) is 6.92 Å². The Kier molecular flexibility index (Phi) is 4.45. The second-order valence-electron chi connectivity index (χ2n) is 4.53. The van der Waals surface area contributed by atoms with Gasteiger partial charge in [0.15, 0.2) is 0 Å². The monoisotopic (exact) mass is 344 g/mol. The number of thiophene rings is 1. The van der Waals surface area contributed by atoms with Gasteiger partial charge in [-0.1, -0.05) is 12.1 Å². The number of carbonyl (C=O) groups excluding carboxylic acids is 2. The summed E-state index contributed by atoms with van der Waals surface area (Å²) < 4.78 is 0. The van der Waals surface area contributed by atoms with E-state index >= 15 is 0 Å². The number of nitrogens with one attached hydrogen (secondary N) is 2. The van der Waals surface area contributed by atoms with Crippen LogP contribution in [-0.4, -0.2) is 21.8 Å². The first kappa shape index (κ1) is 15.3. The molecule has 0 radical (unpaired) electrons. The van der Waals surface area contributed by atoms with E-state index in [1.165, 1.54) is 17.5 Å². The maximum absolute atomic E-state index is 12.2. The molecule has 23 heavy (non-hydrogen) atoms. The fourth-order valence-corrected chi connectivity index (χ4v) is 3.60. The second kappa shape index (κ2) is 6.67. The van der Waals surface area contributed by atoms with Crippen LogP contribution in [0.4, 0.5) is 0 Å². The minimum absolute atomic E-state index is 0.230. The first-order chi connectivity index (χ1) is 11.1. The molecule has 6 nitrogen and oxygen atoms in total. The second-order valence-corrected chi connectivity index (χ2v) is 6.48. The third-order valence-corrected chi connectivity index (χ3v) is 5.12. The van der Waals surface area contributed by atoms with E-state index in [0.717, 1.165) is 9.88 Å². The number of hydrogen-bond acceptors (Lipinski definition) is 6. The van der Waals surface area contributed by atoms with Crippen molar-refractivity contribution in [1.82, 2.24) is 20.8 Å². The minimum atomic E-state index is -0.473. The molecule has 0 aliphatic carbocycles. The summed E-state index contributed by atoms with van der Waals surface area (Å²) in [5, 5.41) is 2.75. The van der Waals surface area contributed by atoms with Crippen LogP contribution in [-0.2, 0) is 0 Å². The van der Waals surface area contributed by atoms with Gasteiger partial charge in [-0.15, -0.1) is 22.7 Å². The van der Waals surface area contributed by atoms with Gasteiger partial charge in [0.2, 0.25) is 0 Å². The molecule has 0 fully saturated rings. The third kappa shape index (κ3) is 3.43. The van der Waals surface area contributed by atoms with Crippen molar-refractivity contribution >= 4 is 34.5 Å². The lowest BCUT2D eigenvalue weighted by Gasteiger charge is -2.05. The highest BCUT2D eigenvalue weighted by Gasteiger charge is 2.17. The molecule has 0 spiro atoms. The molecule has 0 saturated heterocycles. The summed E-state index contributed by atoms with van der Waals surface area (Å²) in [5.74, 6) is -0.869. The van der Waals surface area contributed by atoms with Crippen LogP contribution in [0.1, 0.15) is 25.9 Å². The average Bonchev–Trinajstić information content (AvgIpc) is 3.22. The summed E-state index contributed by atoms with van der Waals surface area (Å²) in [4.78, 5) is 33.9. The van der Waals surface area contributed by atoms with Crippen molar-refractivity contribution < 1.29 is 9.59 Å². The zero-order valence-corrected chi connectivity index (χ0v) is 13.7. The standard InChI is InChI=1S/C15H12N4O2S2/c1-9-12(23-15(17-9)11-6-4-8-22-11)14(21)19-18-13(20)10-5-2-3-7-16-10/h2-8H,1H3,(H,18,20)(H,19,21). The predicted molar refractivity (Wildman–Crippen MR) is 89.3 cm³/mol. The highest BCUT2D eigenvalue weighted by atomic mass is 32.1. The number of nitrogens with zero attached hydrogens (tertiary/aromatic N) is 2. The van der Waals surface area contributed by atoms with Gasteiger partial charge in [-0.3, -0.25) is 25.4 Å². The molecule has 3 rings (SSSR count). The van der Waals surface area contributed by atoms with E-state index < -0.39 is 11.8 Å². The summed E-state index contributed by atoms with van der Waals surface area (Å²) in [7, 11) is 0. The Morgan fingerprint density at radius 1 is 1.09 bits per heavy atom. The Hall–Kier alpha value is -2.58. The highest BCUT2D eigenvalue weighted by molar-refractivity contribution is 7.22. The van der Waals surface area contributed by atoms with Crippen molar-refractivity contribution in [2.24, 2.45) is 0 Å². The van der Waals surface area contributed by atoms with E-state index in [4.69, 9.17) is 0 Å². The van der Waals surface area contributed by atoms with Crippen molar-refractivity contribution in [2.75, 3.05) is 0 Å². The van der Waals surface area contributed by atoms with E-state index in [1.807, 2.05) is 17.5 Å². The van der Waals surface area contributed by atoms with Gasteiger partial charge in [0.1, 0.15) is 15.6 Å². The summed E-state index contributed by atoms with van der Waals surface area (Å²) >= 11 is 2.86. The number of pyridine rings is 1. The maximum Gasteiger partial charge on any atom is 0.288 e. The van der Waals surface area contributed by atoms with E-state index in [1.54, 1.807) is 36.5 Å². The van der Waals surface area contributed by atoms with Crippen LogP contribution >= 0.6 is 22.7 Å². The zero-order valence-electron chi connectivity index (χ0n) is 12.1. The Balaban J connectivity index is 1.68. The van der Waals surface area contributed by atoms with E-state index in [9.17, 15) is 9.59 Å². The molecule has 0 aromatic carbocycles. The first-order valence-electron chi connectivity index (χ1n) is 6.68. The van der Waals surface area contributed by atoms with Gasteiger partial charge in [-0.2, -0.15) is 0 Å². The topological polar surface area (TPSA) is 84.0 Å². The molecule has 3 heterocycles. The van der Waals surface area contributed by atoms with Gasteiger partial charge in [0, 0.05) is 6.20 Å². The number of rotatable bonds is 3. The summed E-state index contributed by atoms with van der Waals surface area (Å²) in [6, 6.07) is 8.86. The van der Waals surface area contributed by atoms with Crippen LogP contribution in [0.2, 0.25) is 0 Å². The van der Waals surface area contributed by atoms with Gasteiger partial charge in [-0.05, 0) is 30.5 Å². The molecular formula is C15H12N4O2S2. The highest BCUT2D eigenvalue weighted by Crippen LogP contribution is 2.30. The predicted octanol–water partition coefficient (Wildman–Crippen LogP) is 2.65. The molecule has 0 atom stereocenters. The average molecular weight is 344 g/mol. The Morgan fingerprint density at radius 3 is 2.61 bits per heavy atom. The lowest BCUT2D eigenvalue weighted by Crippen LogP contribution is -2.41. The van der Waals surface area contributed by atoms with E-state index in [-0.39, 0.29) is 5.69 Å². The smallest absolute Gasteiger partial charge is 0.266 e. The van der Waals surface area contributed by atoms with E-state index in [0.29, 0.717) is 10.6 Å². The summed E-state index contributed by atoms with van der Waals surface area (Å²) in [6.07, 6.45) is 1.51. The van der Waals surface area contributed by atoms with E-state index in [2.05, 4.69) is 20.8 Å². The van der Waals surface area contributed by atoms with Crippen molar-refractivity contribution in [1.29, 1.82) is 0 Å². The minimum Gasteiger partial charge on any atom is -0.266 e. The fourth-order valence-electron chi connectivity index (χ4n) is 1.84. The van der Waals surface area contributed by atoms with Gasteiger partial charge < -0.3 is 0 Å². The van der Waals surface area contributed by atoms with Crippen LogP contribution in [0.5, 0.6) is 0 Å². The van der Waals surface area contributed by atoms with Crippen molar-refractivity contribution in [3.8, 4) is 9.88 Å². The number of amides is 2. The molecule has 2 N–H and O–H groups in total. The molecule has 2 amide bonds. The molecule has 0 aliphatic rings. The Bertz CT molecular complexity index is 829. The number of aromatic nitrogens is 2. The normalized spacial score (nSPS) is 10.3. The molecule has 3 aromatic rings. The van der Waals surface area contributed by atoms with Crippen LogP contribution < -0.4 is 10.9 Å². The SMILES string of the molecule is Cc1nc(-c2cccs2)sc1C(=O)NNC(=O)c1ccccn1. The lowest BCUT2D eigenvalue weighted by atomic mass is 10.3. The molecule has 116 valence electrons. The molecule has 3 aromatic heterocycles. The number of thiazole rings is 1. The maximum atomic E-state index is 12.2. The number of aryl methyl sites for hydroxylation is 1. The summed E-state index contributed by atoms with van der Waals surface area (Å²) in [5.41, 5.74) is 5.60. The van der Waals surface area contributed by atoms with Gasteiger partial charge in [0.25, 0.3) is 11.8 Å². The third-order valence-electron chi connectivity index (χ3n) is 2.92. The van der Waals surface area contributed by atoms with Crippen LogP contribution in [0.25, 0.3) is 9.88 Å². The molecule has 0 bridgehead atoms. The lowest BCUT2D eigenvalue weighted by molar-refractivity contribution is 0.0845. The zero-order chi connectivity index (χ0) is 16.2. The molecule has 0 aliphatic heterocycles. The van der Waals surface area contributed by atoms with Gasteiger partial charge >= 0.3 is 0 Å². The van der Waals surface area contributed by atoms with Gasteiger partial charge in [-0.25, -0.2) is 4.98 Å². The Morgan fingerprint density at radius 2 is 1.91 bits per heavy atom. The molecule has 8 heteroatoms. The number of hydrogen-bond donors (Lipinski definition) is 2. The van der Waals surface area contributed by atoms with Crippen molar-refractivity contribution in [3.63, 3.8) is 0 Å². The fraction of sp³-hybridized carbons (Fsp3) is 0.0667.